The Bertz CT molecular complexity index is 2190. The molecular weight excluding hydrogens is 784 g/mol. The standard InChI is InChI=1S/C40H34Cl2F5N3O6/c1-2-56-26-16-20(8-11-25(26)51)28-22-9-10-23-27(36(53)49(35(23)52)21-12-14-48(15-13-21)18-19-6-4-3-5-7-19)24(22)17-39(41)37(54)50(38(55)40(28,39)42)34-32(46)30(44)29(43)31(45)33(34)47/h3-9,11,16,21,23-24,27-28,51H,2,10,12-15,17-18H2,1H3. The quantitative estimate of drug-likeness (QED) is 0.0706. The van der Waals surface area contributed by atoms with Crippen molar-refractivity contribution in [1.29, 1.82) is 0 Å². The first-order valence-electron chi connectivity index (χ1n) is 18.2. The van der Waals surface area contributed by atoms with Crippen LogP contribution in [0.3, 0.4) is 0 Å². The minimum atomic E-state index is -2.68. The van der Waals surface area contributed by atoms with Gasteiger partial charge in [-0.05, 0) is 61.8 Å². The number of phenolic OH excluding ortho intramolecular Hbond substituents is 1. The molecule has 1 N–H and O–H groups in total. The van der Waals surface area contributed by atoms with E-state index in [9.17, 15) is 37.5 Å². The molecule has 0 aromatic heterocycles. The average Bonchev–Trinajstić information content (AvgIpc) is 3.53. The number of carbonyl (C=O) groups excluding carboxylic acids is 4. The van der Waals surface area contributed by atoms with Gasteiger partial charge in [-0.3, -0.25) is 29.0 Å². The second-order valence-corrected chi connectivity index (χ2v) is 16.1. The van der Waals surface area contributed by atoms with Crippen LogP contribution in [0, 0.1) is 46.8 Å². The summed E-state index contributed by atoms with van der Waals surface area (Å²) in [6, 6.07) is 13.4. The molecule has 3 saturated heterocycles. The number of hydrogen-bond acceptors (Lipinski definition) is 7. The van der Waals surface area contributed by atoms with Gasteiger partial charge >= 0.3 is 0 Å². The molecular formula is C40H34Cl2F5N3O6. The van der Waals surface area contributed by atoms with E-state index in [4.69, 9.17) is 27.9 Å². The molecule has 4 fully saturated rings. The molecule has 8 rings (SSSR count). The first kappa shape index (κ1) is 38.3. The van der Waals surface area contributed by atoms with Gasteiger partial charge in [-0.15, -0.1) is 23.2 Å². The summed E-state index contributed by atoms with van der Waals surface area (Å²) in [5.41, 5.74) is -0.286. The Labute approximate surface area is 327 Å². The number of phenols is 1. The molecule has 6 unspecified atom stereocenters. The number of ether oxygens (including phenoxy) is 1. The van der Waals surface area contributed by atoms with Crippen molar-refractivity contribution in [3.05, 3.63) is 100 Å². The van der Waals surface area contributed by atoms with E-state index < -0.39 is 104 Å². The molecule has 3 aromatic carbocycles. The Balaban J connectivity index is 1.20. The van der Waals surface area contributed by atoms with Crippen molar-refractivity contribution in [2.24, 2.45) is 17.8 Å². The SMILES string of the molecule is CCOc1cc(C2C3=CCC4C(=O)N(C5CCN(Cc6ccccc6)CC5)C(=O)C4C3CC3(Cl)C(=O)N(c4c(F)c(F)c(F)c(F)c4F)C(=O)C23Cl)ccc1O. The van der Waals surface area contributed by atoms with Gasteiger partial charge in [0.15, 0.2) is 44.5 Å². The van der Waals surface area contributed by atoms with Gasteiger partial charge in [0.1, 0.15) is 5.69 Å². The maximum Gasteiger partial charge on any atom is 0.258 e. The highest BCUT2D eigenvalue weighted by Gasteiger charge is 2.77. The van der Waals surface area contributed by atoms with Crippen molar-refractivity contribution in [3.8, 4) is 11.5 Å². The number of aromatic hydroxyl groups is 1. The van der Waals surface area contributed by atoms with Crippen molar-refractivity contribution >= 4 is 52.5 Å². The van der Waals surface area contributed by atoms with E-state index in [0.717, 1.165) is 5.56 Å². The molecule has 3 heterocycles. The van der Waals surface area contributed by atoms with Crippen LogP contribution in [-0.4, -0.2) is 74.0 Å². The number of amides is 4. The van der Waals surface area contributed by atoms with Crippen LogP contribution >= 0.6 is 23.2 Å². The number of hydrogen-bond donors (Lipinski definition) is 1. The Morgan fingerprint density at radius 1 is 0.839 bits per heavy atom. The fourth-order valence-corrected chi connectivity index (χ4v) is 10.4. The molecule has 1 saturated carbocycles. The molecule has 0 spiro atoms. The number of halogens is 7. The van der Waals surface area contributed by atoms with E-state index in [2.05, 4.69) is 4.90 Å². The predicted molar refractivity (Wildman–Crippen MR) is 192 cm³/mol. The number of nitrogens with zero attached hydrogens (tertiary/aromatic N) is 3. The number of rotatable bonds is 7. The third-order valence-corrected chi connectivity index (χ3v) is 13.5. The molecule has 0 bridgehead atoms. The molecule has 3 aromatic rings. The monoisotopic (exact) mass is 817 g/mol. The van der Waals surface area contributed by atoms with Crippen molar-refractivity contribution < 1.29 is 51.0 Å². The van der Waals surface area contributed by atoms with Crippen molar-refractivity contribution in [1.82, 2.24) is 9.80 Å². The number of benzene rings is 3. The van der Waals surface area contributed by atoms with Crippen LogP contribution in [0.5, 0.6) is 11.5 Å². The first-order valence-corrected chi connectivity index (χ1v) is 19.0. The maximum absolute atomic E-state index is 15.4. The molecule has 0 radical (unpaired) electrons. The number of alkyl halides is 2. The number of allylic oxidation sites excluding steroid dienone is 2. The van der Waals surface area contributed by atoms with Gasteiger partial charge in [-0.2, -0.15) is 0 Å². The highest BCUT2D eigenvalue weighted by molar-refractivity contribution is 6.58. The van der Waals surface area contributed by atoms with Crippen molar-refractivity contribution in [2.45, 2.75) is 60.9 Å². The van der Waals surface area contributed by atoms with E-state index >= 15 is 8.78 Å². The number of likely N-dealkylation sites (tertiary alicyclic amines) is 2. The minimum absolute atomic E-state index is 0.0308. The van der Waals surface area contributed by atoms with Crippen LogP contribution in [0.4, 0.5) is 27.6 Å². The lowest BCUT2D eigenvalue weighted by atomic mass is 9.56. The van der Waals surface area contributed by atoms with Crippen LogP contribution in [-0.2, 0) is 25.7 Å². The zero-order valence-corrected chi connectivity index (χ0v) is 31.2. The van der Waals surface area contributed by atoms with Crippen LogP contribution in [0.25, 0.3) is 0 Å². The first-order chi connectivity index (χ1) is 26.6. The number of fused-ring (bicyclic) bond motifs is 4. The van der Waals surface area contributed by atoms with Crippen molar-refractivity contribution in [2.75, 3.05) is 24.6 Å². The molecule has 9 nitrogen and oxygen atoms in total. The molecule has 2 aliphatic carbocycles. The Morgan fingerprint density at radius 2 is 1.48 bits per heavy atom. The number of anilines is 1. The molecule has 3 aliphatic heterocycles. The Kier molecular flexibility index (Phi) is 9.48. The number of carbonyl (C=O) groups is 4. The van der Waals surface area contributed by atoms with Gasteiger partial charge in [0.05, 0.1) is 18.4 Å². The van der Waals surface area contributed by atoms with E-state index in [-0.39, 0.29) is 35.0 Å². The molecule has 6 atom stereocenters. The summed E-state index contributed by atoms with van der Waals surface area (Å²) in [7, 11) is 0. The highest BCUT2D eigenvalue weighted by Crippen LogP contribution is 2.66. The fraction of sp³-hybridized carbons (Fsp3) is 0.400. The summed E-state index contributed by atoms with van der Waals surface area (Å²) in [5, 5.41) is 10.5. The van der Waals surface area contributed by atoms with E-state index in [1.165, 1.54) is 23.1 Å². The minimum Gasteiger partial charge on any atom is -0.504 e. The normalized spacial score (nSPS) is 29.4. The largest absolute Gasteiger partial charge is 0.504 e. The van der Waals surface area contributed by atoms with Crippen LogP contribution in [0.1, 0.15) is 49.7 Å². The van der Waals surface area contributed by atoms with Gasteiger partial charge in [0, 0.05) is 31.6 Å². The Morgan fingerprint density at radius 3 is 2.12 bits per heavy atom. The van der Waals surface area contributed by atoms with Crippen LogP contribution in [0.15, 0.2) is 60.2 Å². The lowest BCUT2D eigenvalue weighted by Crippen LogP contribution is -2.60. The molecule has 294 valence electrons. The molecule has 56 heavy (non-hydrogen) atoms. The molecule has 4 amide bonds. The average molecular weight is 819 g/mol. The maximum atomic E-state index is 15.4. The van der Waals surface area contributed by atoms with Gasteiger partial charge in [-0.1, -0.05) is 48.0 Å². The summed E-state index contributed by atoms with van der Waals surface area (Å²) < 4.78 is 79.5. The number of imide groups is 2. The Hall–Kier alpha value is -4.53. The second-order valence-electron chi connectivity index (χ2n) is 14.9. The van der Waals surface area contributed by atoms with E-state index in [0.29, 0.717) is 38.0 Å². The van der Waals surface area contributed by atoms with Gasteiger partial charge < -0.3 is 9.84 Å². The van der Waals surface area contributed by atoms with Gasteiger partial charge in [-0.25, -0.2) is 26.9 Å². The topological polar surface area (TPSA) is 107 Å². The summed E-state index contributed by atoms with van der Waals surface area (Å²) in [6.07, 6.45) is 2.10. The smallest absolute Gasteiger partial charge is 0.258 e. The predicted octanol–water partition coefficient (Wildman–Crippen LogP) is 6.71. The highest BCUT2D eigenvalue weighted by atomic mass is 35.5. The third-order valence-electron chi connectivity index (χ3n) is 12.0. The van der Waals surface area contributed by atoms with E-state index in [1.54, 1.807) is 13.0 Å². The second kappa shape index (κ2) is 13.8. The van der Waals surface area contributed by atoms with E-state index in [1.807, 2.05) is 30.3 Å². The lowest BCUT2D eigenvalue weighted by molar-refractivity contribution is -0.144. The summed E-state index contributed by atoms with van der Waals surface area (Å²) in [6.45, 7) is 3.67. The zero-order chi connectivity index (χ0) is 40.0. The van der Waals surface area contributed by atoms with Crippen LogP contribution < -0.4 is 9.64 Å². The van der Waals surface area contributed by atoms with Gasteiger partial charge in [0.2, 0.25) is 17.6 Å². The number of piperidine rings is 1. The molecule has 16 heteroatoms. The van der Waals surface area contributed by atoms with Gasteiger partial charge in [0.25, 0.3) is 11.8 Å². The molecule has 5 aliphatic rings. The lowest BCUT2D eigenvalue weighted by Gasteiger charge is -2.50. The third kappa shape index (κ3) is 5.42. The zero-order valence-electron chi connectivity index (χ0n) is 29.7. The fourth-order valence-electron chi connectivity index (χ4n) is 9.48. The summed E-state index contributed by atoms with van der Waals surface area (Å²) in [4.78, 5) is 55.7. The summed E-state index contributed by atoms with van der Waals surface area (Å²) >= 11 is 14.5. The van der Waals surface area contributed by atoms with Crippen LogP contribution in [0.2, 0.25) is 0 Å². The van der Waals surface area contributed by atoms with Crippen molar-refractivity contribution in [3.63, 3.8) is 0 Å². The summed E-state index contributed by atoms with van der Waals surface area (Å²) in [5.74, 6) is -21.1.